The number of pyridine rings is 2. The topological polar surface area (TPSA) is 164 Å². The quantitative estimate of drug-likeness (QED) is 0.225. The summed E-state index contributed by atoms with van der Waals surface area (Å²) < 4.78 is 1.80. The average Bonchev–Trinajstić information content (AvgIpc) is 3.84. The molecule has 0 saturated carbocycles. The summed E-state index contributed by atoms with van der Waals surface area (Å²) >= 11 is 1.60. The van der Waals surface area contributed by atoms with E-state index in [9.17, 15) is 14.9 Å². The molecule has 8 rings (SSSR count). The van der Waals surface area contributed by atoms with E-state index in [1.807, 2.05) is 42.6 Å². The summed E-state index contributed by atoms with van der Waals surface area (Å²) in [5.74, 6) is 1.32. The molecule has 0 spiro atoms. The van der Waals surface area contributed by atoms with E-state index < -0.39 is 6.03 Å². The molecule has 3 amide bonds. The van der Waals surface area contributed by atoms with Gasteiger partial charge in [0.25, 0.3) is 0 Å². The second kappa shape index (κ2) is 14.5. The molecule has 0 radical (unpaired) electrons. The van der Waals surface area contributed by atoms with Crippen LogP contribution < -0.4 is 25.3 Å². The van der Waals surface area contributed by atoms with Crippen LogP contribution in [0.25, 0.3) is 27.5 Å². The highest BCUT2D eigenvalue weighted by molar-refractivity contribution is 7.18. The van der Waals surface area contributed by atoms with Crippen molar-refractivity contribution in [3.05, 3.63) is 60.6 Å². The fourth-order valence-corrected chi connectivity index (χ4v) is 8.10. The maximum atomic E-state index is 12.2. The van der Waals surface area contributed by atoms with Crippen LogP contribution in [0.1, 0.15) is 31.7 Å². The molecule has 0 bridgehead atoms. The molecule has 266 valence electrons. The van der Waals surface area contributed by atoms with Crippen LogP contribution in [0, 0.1) is 17.2 Å². The van der Waals surface area contributed by atoms with E-state index in [0.29, 0.717) is 30.1 Å². The number of carbonyl (C=O) groups is 2. The number of anilines is 4. The van der Waals surface area contributed by atoms with Gasteiger partial charge in [0.05, 0.1) is 46.1 Å². The Kier molecular flexibility index (Phi) is 9.35. The van der Waals surface area contributed by atoms with Crippen LogP contribution in [0.2, 0.25) is 0 Å². The first-order valence-corrected chi connectivity index (χ1v) is 18.5. The number of hydrogen-bond acceptors (Lipinski definition) is 13. The molecule has 3 aliphatic heterocycles. The molecule has 3 fully saturated rings. The highest BCUT2D eigenvalue weighted by atomic mass is 32.1. The minimum absolute atomic E-state index is 0.239. The van der Waals surface area contributed by atoms with Crippen molar-refractivity contribution in [2.45, 2.75) is 26.2 Å². The molecule has 2 N–H and O–H groups in total. The zero-order valence-corrected chi connectivity index (χ0v) is 29.7. The van der Waals surface area contributed by atoms with Gasteiger partial charge < -0.3 is 15.1 Å². The molecule has 0 atom stereocenters. The maximum absolute atomic E-state index is 12.2. The molecule has 16 heteroatoms. The zero-order valence-electron chi connectivity index (χ0n) is 28.9. The number of rotatable bonds is 9. The van der Waals surface area contributed by atoms with Crippen molar-refractivity contribution in [3.63, 3.8) is 0 Å². The molecule has 5 aromatic heterocycles. The summed E-state index contributed by atoms with van der Waals surface area (Å²) in [6.45, 7) is 9.98. The molecule has 0 aromatic carbocycles. The highest BCUT2D eigenvalue weighted by Gasteiger charge is 2.28. The standard InChI is InChI=1S/C36H39N13O2S/c1-2-38-29-18-30(31-5-3-26-17-25(19-37)20-41-49(26)31)39-22-28(29)34-43-44-36(52-34)47-15-13-45(14-16-47)23-24-7-10-46(11-8-24)32-6-4-27(21-40-32)48-12-9-33(50)42-35(48)51/h3-6,17-18,20-22,24H,2,7-16,23H2,1H3,(H,38,39)(H,42,50,51). The third-order valence-corrected chi connectivity index (χ3v) is 11.0. The van der Waals surface area contributed by atoms with Crippen LogP contribution in [0.4, 0.5) is 27.1 Å². The Bertz CT molecular complexity index is 2130. The Balaban J connectivity index is 0.843. The van der Waals surface area contributed by atoms with Crippen LogP contribution in [0.3, 0.4) is 0 Å². The number of amides is 3. The Hall–Kier alpha value is -5.66. The Morgan fingerprint density at radius 1 is 0.942 bits per heavy atom. The Morgan fingerprint density at radius 2 is 1.79 bits per heavy atom. The van der Waals surface area contributed by atoms with Crippen LogP contribution in [-0.2, 0) is 4.79 Å². The van der Waals surface area contributed by atoms with Crippen LogP contribution >= 0.6 is 11.3 Å². The molecule has 5 aromatic rings. The average molecular weight is 718 g/mol. The lowest BCUT2D eigenvalue weighted by Gasteiger charge is -2.39. The number of nitriles is 1. The van der Waals surface area contributed by atoms with Crippen molar-refractivity contribution < 1.29 is 9.59 Å². The van der Waals surface area contributed by atoms with Gasteiger partial charge in [-0.1, -0.05) is 11.3 Å². The van der Waals surface area contributed by atoms with Gasteiger partial charge in [-0.05, 0) is 62.1 Å². The fraction of sp³-hybridized carbons (Fsp3) is 0.389. The summed E-state index contributed by atoms with van der Waals surface area (Å²) in [7, 11) is 0. The monoisotopic (exact) mass is 717 g/mol. The molecular formula is C36H39N13O2S. The van der Waals surface area contributed by atoms with Crippen LogP contribution in [0.5, 0.6) is 0 Å². The predicted molar refractivity (Wildman–Crippen MR) is 200 cm³/mol. The van der Waals surface area contributed by atoms with E-state index in [1.165, 1.54) is 0 Å². The number of carbonyl (C=O) groups excluding carboxylic acids is 2. The van der Waals surface area contributed by atoms with Gasteiger partial charge in [-0.15, -0.1) is 10.2 Å². The van der Waals surface area contributed by atoms with Crippen molar-refractivity contribution in [2.24, 2.45) is 5.92 Å². The molecule has 3 aliphatic rings. The van der Waals surface area contributed by atoms with Crippen LogP contribution in [0.15, 0.2) is 55.0 Å². The van der Waals surface area contributed by atoms with Gasteiger partial charge in [-0.3, -0.25) is 24.9 Å². The Morgan fingerprint density at radius 3 is 2.54 bits per heavy atom. The van der Waals surface area contributed by atoms with Gasteiger partial charge in [-0.25, -0.2) is 14.3 Å². The second-order valence-electron chi connectivity index (χ2n) is 13.3. The van der Waals surface area contributed by atoms with Crippen molar-refractivity contribution >= 4 is 51.1 Å². The molecule has 0 aliphatic carbocycles. The lowest BCUT2D eigenvalue weighted by molar-refractivity contribution is -0.120. The zero-order chi connectivity index (χ0) is 35.6. The van der Waals surface area contributed by atoms with Gasteiger partial charge in [0.2, 0.25) is 11.0 Å². The summed E-state index contributed by atoms with van der Waals surface area (Å²) in [4.78, 5) is 41.9. The van der Waals surface area contributed by atoms with Crippen LogP contribution in [-0.4, -0.2) is 106 Å². The molecule has 8 heterocycles. The van der Waals surface area contributed by atoms with E-state index in [0.717, 1.165) is 109 Å². The number of nitrogens with one attached hydrogen (secondary N) is 2. The van der Waals surface area contributed by atoms with Gasteiger partial charge >= 0.3 is 6.03 Å². The number of nitrogens with zero attached hydrogens (tertiary/aromatic N) is 11. The van der Waals surface area contributed by atoms with E-state index in [2.05, 4.69) is 58.6 Å². The molecular weight excluding hydrogens is 679 g/mol. The largest absolute Gasteiger partial charge is 0.385 e. The van der Waals surface area contributed by atoms with Crippen molar-refractivity contribution in [1.82, 2.24) is 40.0 Å². The number of hydrogen-bond donors (Lipinski definition) is 2. The van der Waals surface area contributed by atoms with Crippen molar-refractivity contribution in [3.8, 4) is 28.0 Å². The first-order valence-electron chi connectivity index (χ1n) is 17.7. The van der Waals surface area contributed by atoms with Gasteiger partial charge in [0.1, 0.15) is 11.9 Å². The van der Waals surface area contributed by atoms with Gasteiger partial charge in [0, 0.05) is 77.2 Å². The van der Waals surface area contributed by atoms with E-state index in [1.54, 1.807) is 33.1 Å². The SMILES string of the molecule is CCNc1cc(-c2ccc3cc(C#N)cnn23)ncc1-c1nnc(N2CCN(CC3CCN(c4ccc(N5CCC(=O)NC5=O)cn4)CC3)CC2)s1. The van der Waals surface area contributed by atoms with E-state index in [4.69, 9.17) is 4.98 Å². The number of imide groups is 1. The fourth-order valence-electron chi connectivity index (χ4n) is 7.18. The lowest BCUT2D eigenvalue weighted by atomic mass is 9.96. The summed E-state index contributed by atoms with van der Waals surface area (Å²) in [5, 5.41) is 30.5. The molecule has 15 nitrogen and oxygen atoms in total. The smallest absolute Gasteiger partial charge is 0.328 e. The Labute approximate surface area is 304 Å². The third-order valence-electron chi connectivity index (χ3n) is 10.0. The third kappa shape index (κ3) is 6.84. The molecule has 0 unspecified atom stereocenters. The summed E-state index contributed by atoms with van der Waals surface area (Å²) in [6.07, 6.45) is 7.67. The number of urea groups is 1. The minimum atomic E-state index is -0.391. The van der Waals surface area contributed by atoms with Crippen molar-refractivity contribution in [2.75, 3.05) is 78.9 Å². The van der Waals surface area contributed by atoms with E-state index >= 15 is 0 Å². The highest BCUT2D eigenvalue weighted by Crippen LogP contribution is 2.36. The first kappa shape index (κ1) is 33.5. The predicted octanol–water partition coefficient (Wildman–Crippen LogP) is 4.10. The molecule has 3 saturated heterocycles. The number of piperidine rings is 1. The first-order chi connectivity index (χ1) is 25.4. The number of aromatic nitrogens is 6. The summed E-state index contributed by atoms with van der Waals surface area (Å²) in [6, 6.07) is 13.4. The molecule has 52 heavy (non-hydrogen) atoms. The van der Waals surface area contributed by atoms with Crippen molar-refractivity contribution in [1.29, 1.82) is 5.26 Å². The van der Waals surface area contributed by atoms with Gasteiger partial charge in [-0.2, -0.15) is 10.4 Å². The second-order valence-corrected chi connectivity index (χ2v) is 14.3. The normalized spacial score (nSPS) is 17.4. The summed E-state index contributed by atoms with van der Waals surface area (Å²) in [5.41, 5.74) is 5.54. The maximum Gasteiger partial charge on any atom is 0.328 e. The van der Waals surface area contributed by atoms with E-state index in [-0.39, 0.29) is 5.91 Å². The lowest BCUT2D eigenvalue weighted by Crippen LogP contribution is -2.49. The number of piperazine rings is 1. The van der Waals surface area contributed by atoms with Gasteiger partial charge in [0.15, 0.2) is 5.01 Å². The minimum Gasteiger partial charge on any atom is -0.385 e. The number of fused-ring (bicyclic) bond motifs is 1.